The van der Waals surface area contributed by atoms with Crippen LogP contribution in [0.3, 0.4) is 0 Å². The first kappa shape index (κ1) is 16.4. The van der Waals surface area contributed by atoms with E-state index in [-0.39, 0.29) is 17.4 Å². The number of rotatable bonds is 3. The molecule has 0 bridgehead atoms. The monoisotopic (exact) mass is 290 g/mol. The van der Waals surface area contributed by atoms with Crippen molar-refractivity contribution in [2.24, 2.45) is 11.1 Å². The van der Waals surface area contributed by atoms with Gasteiger partial charge in [-0.05, 0) is 17.9 Å². The Kier molecular flexibility index (Phi) is 4.43. The van der Waals surface area contributed by atoms with Crippen LogP contribution in [0, 0.1) is 15.5 Å². The number of hydrogen-bond donors (Lipinski definition) is 1. The van der Waals surface area contributed by atoms with Gasteiger partial charge in [0.25, 0.3) is 5.69 Å². The molecular formula is C13H17F3N2O2. The van der Waals surface area contributed by atoms with Crippen LogP contribution in [0.25, 0.3) is 0 Å². The summed E-state index contributed by atoms with van der Waals surface area (Å²) >= 11 is 0. The van der Waals surface area contributed by atoms with Gasteiger partial charge in [-0.25, -0.2) is 0 Å². The van der Waals surface area contributed by atoms with Gasteiger partial charge in [0.1, 0.15) is 0 Å². The number of nitrogens with two attached hydrogens (primary N) is 1. The zero-order valence-electron chi connectivity index (χ0n) is 11.5. The van der Waals surface area contributed by atoms with E-state index in [0.717, 1.165) is 12.1 Å². The lowest BCUT2D eigenvalue weighted by molar-refractivity contribution is -0.385. The van der Waals surface area contributed by atoms with E-state index in [4.69, 9.17) is 5.73 Å². The van der Waals surface area contributed by atoms with E-state index in [1.54, 1.807) is 0 Å². The van der Waals surface area contributed by atoms with Crippen LogP contribution < -0.4 is 5.73 Å². The smallest absolute Gasteiger partial charge is 0.327 e. The molecule has 1 aromatic rings. The second-order valence-corrected chi connectivity index (χ2v) is 5.78. The second-order valence-electron chi connectivity index (χ2n) is 5.78. The van der Waals surface area contributed by atoms with Gasteiger partial charge in [0.2, 0.25) is 0 Å². The fourth-order valence-corrected chi connectivity index (χ4v) is 1.63. The van der Waals surface area contributed by atoms with Gasteiger partial charge in [-0.1, -0.05) is 26.8 Å². The number of nitro groups is 1. The summed E-state index contributed by atoms with van der Waals surface area (Å²) < 4.78 is 37.7. The summed E-state index contributed by atoms with van der Waals surface area (Å²) in [5.74, 6) is 0. The topological polar surface area (TPSA) is 69.2 Å². The molecule has 1 atom stereocenters. The van der Waals surface area contributed by atoms with Crippen molar-refractivity contribution in [3.8, 4) is 0 Å². The highest BCUT2D eigenvalue weighted by atomic mass is 19.4. The highest BCUT2D eigenvalue weighted by molar-refractivity contribution is 5.44. The van der Waals surface area contributed by atoms with Gasteiger partial charge in [0.15, 0.2) is 0 Å². The minimum atomic E-state index is -4.60. The molecule has 0 saturated carbocycles. The van der Waals surface area contributed by atoms with E-state index in [0.29, 0.717) is 6.07 Å². The molecule has 0 aliphatic rings. The molecule has 0 saturated heterocycles. The van der Waals surface area contributed by atoms with Crippen molar-refractivity contribution in [1.29, 1.82) is 0 Å². The van der Waals surface area contributed by atoms with Crippen LogP contribution >= 0.6 is 0 Å². The Morgan fingerprint density at radius 3 is 2.25 bits per heavy atom. The number of hydrogen-bond acceptors (Lipinski definition) is 3. The van der Waals surface area contributed by atoms with Crippen molar-refractivity contribution in [1.82, 2.24) is 0 Å². The summed E-state index contributed by atoms with van der Waals surface area (Å²) in [6.07, 6.45) is -4.45. The number of nitrogens with zero attached hydrogens (tertiary/aromatic N) is 1. The molecule has 0 aliphatic heterocycles. The molecule has 20 heavy (non-hydrogen) atoms. The van der Waals surface area contributed by atoms with E-state index in [9.17, 15) is 23.3 Å². The molecule has 1 unspecified atom stereocenters. The molecule has 0 aliphatic carbocycles. The van der Waals surface area contributed by atoms with E-state index < -0.39 is 28.4 Å². The number of alkyl halides is 3. The Morgan fingerprint density at radius 1 is 1.30 bits per heavy atom. The third kappa shape index (κ3) is 3.93. The average molecular weight is 290 g/mol. The molecule has 112 valence electrons. The molecule has 0 radical (unpaired) electrons. The molecule has 0 spiro atoms. The highest BCUT2D eigenvalue weighted by Crippen LogP contribution is 2.34. The third-order valence-electron chi connectivity index (χ3n) is 3.16. The minimum Gasteiger partial charge on any atom is -0.327 e. The van der Waals surface area contributed by atoms with Crippen molar-refractivity contribution in [3.63, 3.8) is 0 Å². The van der Waals surface area contributed by atoms with Crippen LogP contribution in [-0.4, -0.2) is 11.0 Å². The summed E-state index contributed by atoms with van der Waals surface area (Å²) in [7, 11) is 0. The normalized spacial score (nSPS) is 14.2. The molecule has 4 nitrogen and oxygen atoms in total. The Balaban J connectivity index is 3.18. The Bertz CT molecular complexity index is 507. The van der Waals surface area contributed by atoms with Crippen LogP contribution in [-0.2, 0) is 12.6 Å². The summed E-state index contributed by atoms with van der Waals surface area (Å²) in [5, 5.41) is 10.9. The van der Waals surface area contributed by atoms with Crippen molar-refractivity contribution in [2.75, 3.05) is 0 Å². The Labute approximate surface area is 114 Å². The first-order chi connectivity index (χ1) is 8.93. The van der Waals surface area contributed by atoms with Crippen molar-refractivity contribution in [2.45, 2.75) is 39.4 Å². The molecule has 0 heterocycles. The standard InChI is InChI=1S/C13H17F3N2O2/c1-12(2,3)11(17)6-8-4-5-9(13(14,15)16)7-10(8)18(19)20/h4-5,7,11H,6,17H2,1-3H3. The van der Waals surface area contributed by atoms with E-state index in [1.807, 2.05) is 20.8 Å². The van der Waals surface area contributed by atoms with Crippen LogP contribution in [0.2, 0.25) is 0 Å². The number of halogens is 3. The van der Waals surface area contributed by atoms with Crippen LogP contribution in [0.4, 0.5) is 18.9 Å². The van der Waals surface area contributed by atoms with Gasteiger partial charge >= 0.3 is 6.18 Å². The van der Waals surface area contributed by atoms with Crippen molar-refractivity contribution < 1.29 is 18.1 Å². The summed E-state index contributed by atoms with van der Waals surface area (Å²) in [6.45, 7) is 5.61. The largest absolute Gasteiger partial charge is 0.416 e. The van der Waals surface area contributed by atoms with Gasteiger partial charge in [0.05, 0.1) is 10.5 Å². The maximum Gasteiger partial charge on any atom is 0.416 e. The van der Waals surface area contributed by atoms with Gasteiger partial charge in [0, 0.05) is 17.7 Å². The zero-order valence-corrected chi connectivity index (χ0v) is 11.5. The molecule has 1 rings (SSSR count). The average Bonchev–Trinajstić information content (AvgIpc) is 2.26. The first-order valence-corrected chi connectivity index (χ1v) is 6.03. The van der Waals surface area contributed by atoms with Gasteiger partial charge in [-0.15, -0.1) is 0 Å². The van der Waals surface area contributed by atoms with Gasteiger partial charge in [-0.3, -0.25) is 10.1 Å². The molecule has 7 heteroatoms. The summed E-state index contributed by atoms with van der Waals surface area (Å²) in [4.78, 5) is 10.1. The molecule has 0 amide bonds. The lowest BCUT2D eigenvalue weighted by Crippen LogP contribution is -2.37. The van der Waals surface area contributed by atoms with Crippen molar-refractivity contribution >= 4 is 5.69 Å². The van der Waals surface area contributed by atoms with Crippen molar-refractivity contribution in [3.05, 3.63) is 39.4 Å². The maximum atomic E-state index is 12.6. The minimum absolute atomic E-state index is 0.151. The maximum absolute atomic E-state index is 12.6. The molecule has 0 aromatic heterocycles. The fourth-order valence-electron chi connectivity index (χ4n) is 1.63. The summed E-state index contributed by atoms with van der Waals surface area (Å²) in [6, 6.07) is 2.15. The Hall–Kier alpha value is -1.63. The number of nitro benzene ring substituents is 1. The zero-order chi connectivity index (χ0) is 15.7. The van der Waals surface area contributed by atoms with E-state index in [2.05, 4.69) is 0 Å². The third-order valence-corrected chi connectivity index (χ3v) is 3.16. The lowest BCUT2D eigenvalue weighted by Gasteiger charge is -2.27. The molecule has 1 aromatic carbocycles. The fraction of sp³-hybridized carbons (Fsp3) is 0.538. The predicted molar refractivity (Wildman–Crippen MR) is 69.2 cm³/mol. The van der Waals surface area contributed by atoms with Crippen LogP contribution in [0.1, 0.15) is 31.9 Å². The number of benzene rings is 1. The SMILES string of the molecule is CC(C)(C)C(N)Cc1ccc(C(F)(F)F)cc1[N+](=O)[O-]. The Morgan fingerprint density at radius 2 is 1.85 bits per heavy atom. The van der Waals surface area contributed by atoms with Crippen LogP contribution in [0.15, 0.2) is 18.2 Å². The quantitative estimate of drug-likeness (QED) is 0.684. The van der Waals surface area contributed by atoms with E-state index in [1.165, 1.54) is 0 Å². The lowest BCUT2D eigenvalue weighted by atomic mass is 9.83. The van der Waals surface area contributed by atoms with Gasteiger partial charge in [-0.2, -0.15) is 13.2 Å². The molecule has 2 N–H and O–H groups in total. The van der Waals surface area contributed by atoms with E-state index >= 15 is 0 Å². The highest BCUT2D eigenvalue weighted by Gasteiger charge is 2.33. The van der Waals surface area contributed by atoms with Crippen LogP contribution in [0.5, 0.6) is 0 Å². The molecular weight excluding hydrogens is 273 g/mol. The summed E-state index contributed by atoms with van der Waals surface area (Å²) in [5.41, 5.74) is 4.28. The molecule has 0 fully saturated rings. The first-order valence-electron chi connectivity index (χ1n) is 6.03. The van der Waals surface area contributed by atoms with Gasteiger partial charge < -0.3 is 5.73 Å². The second kappa shape index (κ2) is 5.40. The predicted octanol–water partition coefficient (Wildman–Crippen LogP) is 3.53.